The molecule has 2 aliphatic rings. The number of fused-ring (bicyclic) bond motifs is 2. The number of hydrogen-bond donors (Lipinski definition) is 3. The molecule has 0 unspecified atom stereocenters. The Kier molecular flexibility index (Phi) is 7.07. The molecule has 0 saturated heterocycles. The van der Waals surface area contributed by atoms with Crippen LogP contribution in [0.15, 0.2) is 48.7 Å². The van der Waals surface area contributed by atoms with Crippen molar-refractivity contribution in [2.75, 3.05) is 17.2 Å². The highest BCUT2D eigenvalue weighted by Gasteiger charge is 2.51. The number of hydrogen-bond acceptors (Lipinski definition) is 6. The van der Waals surface area contributed by atoms with E-state index in [1.807, 2.05) is 12.1 Å². The lowest BCUT2D eigenvalue weighted by Crippen LogP contribution is -2.49. The van der Waals surface area contributed by atoms with Gasteiger partial charge in [-0.1, -0.05) is 6.07 Å². The zero-order valence-electron chi connectivity index (χ0n) is 21.6. The standard InChI is InChI=1S/C29H29N5O5/c1-34-11-9-25(33-34)32-27(37)20-7-8-24-22(14-20)29(10-12-39-24)15-21(16-29)28(38)31-23-13-18(17-30)5-6-19(23)3-2-4-26(35)36/h5-9,11,13-14,21H,2-4,10,12,15-16H2,1H3,(H,31,38)(H,35,36)(H,32,33,37). The van der Waals surface area contributed by atoms with E-state index in [-0.39, 0.29) is 29.6 Å². The van der Waals surface area contributed by atoms with Crippen LogP contribution in [-0.2, 0) is 28.5 Å². The van der Waals surface area contributed by atoms with Crippen molar-refractivity contribution in [2.24, 2.45) is 13.0 Å². The number of carbonyl (C=O) groups is 3. The quantitative estimate of drug-likeness (QED) is 0.401. The normalized spacial score (nSPS) is 19.2. The molecule has 2 heterocycles. The second-order valence-corrected chi connectivity index (χ2v) is 10.2. The summed E-state index contributed by atoms with van der Waals surface area (Å²) in [6.45, 7) is 0.540. The van der Waals surface area contributed by atoms with E-state index in [0.717, 1.165) is 23.3 Å². The van der Waals surface area contributed by atoms with Gasteiger partial charge in [-0.3, -0.25) is 19.1 Å². The van der Waals surface area contributed by atoms with Crippen molar-refractivity contribution in [1.29, 1.82) is 5.26 Å². The van der Waals surface area contributed by atoms with Gasteiger partial charge >= 0.3 is 5.97 Å². The lowest BCUT2D eigenvalue weighted by atomic mass is 9.56. The number of aromatic nitrogens is 2. The first-order chi connectivity index (χ1) is 18.8. The Labute approximate surface area is 225 Å². The van der Waals surface area contributed by atoms with E-state index in [4.69, 9.17) is 9.84 Å². The van der Waals surface area contributed by atoms with Gasteiger partial charge < -0.3 is 20.5 Å². The molecule has 1 aliphatic heterocycles. The van der Waals surface area contributed by atoms with Crippen molar-refractivity contribution in [3.05, 3.63) is 70.9 Å². The fourth-order valence-corrected chi connectivity index (χ4v) is 5.51. The van der Waals surface area contributed by atoms with Crippen LogP contribution in [0, 0.1) is 17.2 Å². The van der Waals surface area contributed by atoms with Gasteiger partial charge in [0.05, 0.1) is 18.2 Å². The zero-order chi connectivity index (χ0) is 27.6. The third kappa shape index (κ3) is 5.48. The highest BCUT2D eigenvalue weighted by molar-refractivity contribution is 6.04. The van der Waals surface area contributed by atoms with E-state index in [1.54, 1.807) is 48.3 Å². The molecule has 3 aromatic rings. The molecule has 10 nitrogen and oxygen atoms in total. The molecular weight excluding hydrogens is 498 g/mol. The molecule has 2 aromatic carbocycles. The average Bonchev–Trinajstić information content (AvgIpc) is 3.31. The number of carbonyl (C=O) groups excluding carboxylic acids is 2. The predicted molar refractivity (Wildman–Crippen MR) is 142 cm³/mol. The number of nitrogens with zero attached hydrogens (tertiary/aromatic N) is 3. The van der Waals surface area contributed by atoms with Crippen LogP contribution >= 0.6 is 0 Å². The minimum Gasteiger partial charge on any atom is -0.493 e. The van der Waals surface area contributed by atoms with E-state index in [9.17, 15) is 19.6 Å². The van der Waals surface area contributed by atoms with Gasteiger partial charge in [0.1, 0.15) is 5.75 Å². The maximum Gasteiger partial charge on any atom is 0.303 e. The molecule has 1 saturated carbocycles. The minimum atomic E-state index is -0.872. The molecule has 10 heteroatoms. The Morgan fingerprint density at radius 1 is 1.18 bits per heavy atom. The molecule has 0 bridgehead atoms. The van der Waals surface area contributed by atoms with Gasteiger partial charge in [-0.2, -0.15) is 10.4 Å². The van der Waals surface area contributed by atoms with Gasteiger partial charge in [0.25, 0.3) is 5.91 Å². The summed E-state index contributed by atoms with van der Waals surface area (Å²) in [5.74, 6) is -0.306. The van der Waals surface area contributed by atoms with Crippen LogP contribution in [-0.4, -0.2) is 39.3 Å². The molecule has 39 heavy (non-hydrogen) atoms. The van der Waals surface area contributed by atoms with Crippen LogP contribution in [0.5, 0.6) is 5.75 Å². The first-order valence-electron chi connectivity index (χ1n) is 12.9. The Morgan fingerprint density at radius 2 is 2.00 bits per heavy atom. The van der Waals surface area contributed by atoms with Crippen LogP contribution < -0.4 is 15.4 Å². The summed E-state index contributed by atoms with van der Waals surface area (Å²) in [4.78, 5) is 37.0. The number of amides is 2. The Bertz CT molecular complexity index is 1480. The fourth-order valence-electron chi connectivity index (χ4n) is 5.51. The average molecular weight is 528 g/mol. The van der Waals surface area contributed by atoms with Gasteiger partial charge in [0.2, 0.25) is 5.91 Å². The summed E-state index contributed by atoms with van der Waals surface area (Å²) < 4.78 is 7.49. The molecule has 0 atom stereocenters. The Balaban J connectivity index is 1.29. The molecule has 3 N–H and O–H groups in total. The molecular formula is C29H29N5O5. The number of rotatable bonds is 8. The molecule has 200 valence electrons. The SMILES string of the molecule is Cn1ccc(NC(=O)c2ccc3c(c2)C2(CCO3)CC(C(=O)Nc3cc(C#N)ccc3CCCC(=O)O)C2)n1. The smallest absolute Gasteiger partial charge is 0.303 e. The third-order valence-corrected chi connectivity index (χ3v) is 7.59. The van der Waals surface area contributed by atoms with E-state index in [0.29, 0.717) is 54.9 Å². The van der Waals surface area contributed by atoms with Crippen molar-refractivity contribution in [3.63, 3.8) is 0 Å². The van der Waals surface area contributed by atoms with Gasteiger partial charge in [-0.05, 0) is 68.0 Å². The van der Waals surface area contributed by atoms with Gasteiger partial charge in [0.15, 0.2) is 5.82 Å². The third-order valence-electron chi connectivity index (χ3n) is 7.59. The van der Waals surface area contributed by atoms with Crippen LogP contribution in [0.3, 0.4) is 0 Å². The highest BCUT2D eigenvalue weighted by atomic mass is 16.5. The number of nitrogens with one attached hydrogen (secondary N) is 2. The number of carboxylic acid groups (broad SMARTS) is 1. The largest absolute Gasteiger partial charge is 0.493 e. The zero-order valence-corrected chi connectivity index (χ0v) is 21.6. The molecule has 1 aliphatic carbocycles. The van der Waals surface area contributed by atoms with Crippen molar-refractivity contribution in [3.8, 4) is 11.8 Å². The molecule has 1 fully saturated rings. The number of carboxylic acids is 1. The molecule has 5 rings (SSSR count). The maximum absolute atomic E-state index is 13.3. The molecule has 2 amide bonds. The summed E-state index contributed by atoms with van der Waals surface area (Å²) in [6.07, 6.45) is 4.68. The predicted octanol–water partition coefficient (Wildman–Crippen LogP) is 4.02. The highest BCUT2D eigenvalue weighted by Crippen LogP contribution is 2.55. The van der Waals surface area contributed by atoms with Crippen molar-refractivity contribution >= 4 is 29.3 Å². The van der Waals surface area contributed by atoms with Crippen LogP contribution in [0.1, 0.15) is 59.2 Å². The number of aryl methyl sites for hydroxylation is 2. The van der Waals surface area contributed by atoms with Crippen molar-refractivity contribution in [1.82, 2.24) is 9.78 Å². The summed E-state index contributed by atoms with van der Waals surface area (Å²) in [6, 6.07) is 14.3. The summed E-state index contributed by atoms with van der Waals surface area (Å²) in [5, 5.41) is 28.3. The Hall–Kier alpha value is -4.65. The number of aliphatic carboxylic acids is 1. The Morgan fingerprint density at radius 3 is 2.72 bits per heavy atom. The first-order valence-corrected chi connectivity index (χ1v) is 12.9. The molecule has 0 radical (unpaired) electrons. The van der Waals surface area contributed by atoms with Crippen LogP contribution in [0.4, 0.5) is 11.5 Å². The fraction of sp³-hybridized carbons (Fsp3) is 0.345. The van der Waals surface area contributed by atoms with E-state index in [2.05, 4.69) is 21.8 Å². The van der Waals surface area contributed by atoms with E-state index in [1.165, 1.54) is 0 Å². The second kappa shape index (κ2) is 10.6. The summed E-state index contributed by atoms with van der Waals surface area (Å²) in [7, 11) is 1.78. The monoisotopic (exact) mass is 527 g/mol. The van der Waals surface area contributed by atoms with Gasteiger partial charge in [0, 0.05) is 53.9 Å². The minimum absolute atomic E-state index is 0.0296. The lowest BCUT2D eigenvalue weighted by Gasteiger charge is -2.50. The number of ether oxygens (including phenoxy) is 1. The van der Waals surface area contributed by atoms with Crippen molar-refractivity contribution in [2.45, 2.75) is 43.9 Å². The maximum atomic E-state index is 13.3. The number of benzene rings is 2. The number of anilines is 2. The van der Waals surface area contributed by atoms with E-state index >= 15 is 0 Å². The van der Waals surface area contributed by atoms with Crippen LogP contribution in [0.2, 0.25) is 0 Å². The van der Waals surface area contributed by atoms with Gasteiger partial charge in [-0.25, -0.2) is 0 Å². The summed E-state index contributed by atoms with van der Waals surface area (Å²) in [5.41, 5.74) is 2.95. The molecule has 1 aromatic heterocycles. The summed E-state index contributed by atoms with van der Waals surface area (Å²) >= 11 is 0. The second-order valence-electron chi connectivity index (χ2n) is 10.2. The van der Waals surface area contributed by atoms with E-state index < -0.39 is 5.97 Å². The van der Waals surface area contributed by atoms with Crippen molar-refractivity contribution < 1.29 is 24.2 Å². The van der Waals surface area contributed by atoms with Crippen LogP contribution in [0.25, 0.3) is 0 Å². The topological polar surface area (TPSA) is 146 Å². The lowest BCUT2D eigenvalue weighted by molar-refractivity contribution is -0.137. The number of nitriles is 1. The van der Waals surface area contributed by atoms with Gasteiger partial charge in [-0.15, -0.1) is 0 Å². The molecule has 1 spiro atoms. The first kappa shape index (κ1) is 26.0.